The fraction of sp³-hybridized carbons (Fsp3) is 0.455. The molecule has 0 aliphatic rings. The lowest BCUT2D eigenvalue weighted by Gasteiger charge is -2.24. The lowest BCUT2D eigenvalue weighted by Crippen LogP contribution is -2.32. The molecule has 0 saturated heterocycles. The summed E-state index contributed by atoms with van der Waals surface area (Å²) in [7, 11) is 0. The number of benzene rings is 1. The van der Waals surface area contributed by atoms with Gasteiger partial charge in [0.1, 0.15) is 0 Å². The third kappa shape index (κ3) is 2.08. The van der Waals surface area contributed by atoms with E-state index in [1.807, 2.05) is 32.0 Å². The van der Waals surface area contributed by atoms with Crippen LogP contribution in [-0.4, -0.2) is 11.7 Å². The van der Waals surface area contributed by atoms with Gasteiger partial charge in [0.15, 0.2) is 0 Å². The summed E-state index contributed by atoms with van der Waals surface area (Å²) in [5, 5.41) is 9.97. The highest BCUT2D eigenvalue weighted by molar-refractivity contribution is 5.34. The van der Waals surface area contributed by atoms with Gasteiger partial charge in [-0.05, 0) is 31.9 Å². The second kappa shape index (κ2) is 3.48. The summed E-state index contributed by atoms with van der Waals surface area (Å²) in [6, 6.07) is 6.03. The molecule has 0 heterocycles. The van der Waals surface area contributed by atoms with Gasteiger partial charge in [-0.15, -0.1) is 0 Å². The Morgan fingerprint density at radius 1 is 1.38 bits per heavy atom. The van der Waals surface area contributed by atoms with Crippen LogP contribution < -0.4 is 5.73 Å². The molecule has 1 atom stereocenters. The highest BCUT2D eigenvalue weighted by atomic mass is 16.3. The first-order valence-corrected chi connectivity index (χ1v) is 4.47. The Balaban J connectivity index is 3.20. The third-order valence-corrected chi connectivity index (χ3v) is 2.37. The summed E-state index contributed by atoms with van der Waals surface area (Å²) >= 11 is 0. The van der Waals surface area contributed by atoms with Crippen molar-refractivity contribution in [1.29, 1.82) is 0 Å². The van der Waals surface area contributed by atoms with E-state index in [1.54, 1.807) is 6.92 Å². The molecule has 3 N–H and O–H groups in total. The maximum Gasteiger partial charge on any atom is 0.0992 e. The van der Waals surface area contributed by atoms with E-state index in [4.69, 9.17) is 5.73 Å². The Hall–Kier alpha value is -0.860. The first-order chi connectivity index (χ1) is 5.97. The molecule has 0 radical (unpaired) electrons. The van der Waals surface area contributed by atoms with Crippen molar-refractivity contribution in [3.63, 3.8) is 0 Å². The topological polar surface area (TPSA) is 46.2 Å². The molecule has 0 fully saturated rings. The SMILES string of the molecule is Cc1ccc(C)c(C(C)(O)CN)c1. The third-order valence-electron chi connectivity index (χ3n) is 2.37. The summed E-state index contributed by atoms with van der Waals surface area (Å²) in [6.45, 7) is 5.99. The van der Waals surface area contributed by atoms with Crippen molar-refractivity contribution in [3.05, 3.63) is 34.9 Å². The Kier molecular flexibility index (Phi) is 2.74. The molecule has 0 aliphatic carbocycles. The van der Waals surface area contributed by atoms with Crippen LogP contribution in [0.2, 0.25) is 0 Å². The molecular weight excluding hydrogens is 162 g/mol. The average Bonchev–Trinajstić information content (AvgIpc) is 2.09. The molecule has 0 amide bonds. The molecule has 1 rings (SSSR count). The first-order valence-electron chi connectivity index (χ1n) is 4.47. The van der Waals surface area contributed by atoms with Gasteiger partial charge in [-0.2, -0.15) is 0 Å². The number of aliphatic hydroxyl groups is 1. The van der Waals surface area contributed by atoms with Gasteiger partial charge in [0, 0.05) is 6.54 Å². The zero-order valence-corrected chi connectivity index (χ0v) is 8.46. The molecule has 0 bridgehead atoms. The van der Waals surface area contributed by atoms with Crippen molar-refractivity contribution in [1.82, 2.24) is 0 Å². The fourth-order valence-corrected chi connectivity index (χ4v) is 1.43. The number of hydrogen-bond donors (Lipinski definition) is 2. The van der Waals surface area contributed by atoms with Crippen LogP contribution in [0, 0.1) is 13.8 Å². The second-order valence-electron chi connectivity index (χ2n) is 3.80. The van der Waals surface area contributed by atoms with Gasteiger partial charge in [0.25, 0.3) is 0 Å². The van der Waals surface area contributed by atoms with Crippen molar-refractivity contribution < 1.29 is 5.11 Å². The van der Waals surface area contributed by atoms with Gasteiger partial charge < -0.3 is 10.8 Å². The number of nitrogens with two attached hydrogens (primary N) is 1. The van der Waals surface area contributed by atoms with Gasteiger partial charge in [0.2, 0.25) is 0 Å². The normalized spacial score (nSPS) is 15.5. The molecule has 1 aromatic carbocycles. The number of aryl methyl sites for hydroxylation is 2. The van der Waals surface area contributed by atoms with Crippen molar-refractivity contribution >= 4 is 0 Å². The highest BCUT2D eigenvalue weighted by Gasteiger charge is 2.22. The van der Waals surface area contributed by atoms with Crippen molar-refractivity contribution in [2.24, 2.45) is 5.73 Å². The monoisotopic (exact) mass is 179 g/mol. The minimum Gasteiger partial charge on any atom is -0.384 e. The molecule has 0 spiro atoms. The first kappa shape index (κ1) is 10.2. The molecule has 2 heteroatoms. The zero-order chi connectivity index (χ0) is 10.1. The Bertz CT molecular complexity index is 305. The van der Waals surface area contributed by atoms with Gasteiger partial charge in [-0.25, -0.2) is 0 Å². The Labute approximate surface area is 79.4 Å². The smallest absolute Gasteiger partial charge is 0.0992 e. The number of rotatable bonds is 2. The van der Waals surface area contributed by atoms with Crippen LogP contribution in [0.4, 0.5) is 0 Å². The van der Waals surface area contributed by atoms with E-state index < -0.39 is 5.60 Å². The van der Waals surface area contributed by atoms with Crippen molar-refractivity contribution in [3.8, 4) is 0 Å². The molecule has 0 aliphatic heterocycles. The molecule has 2 nitrogen and oxygen atoms in total. The van der Waals surface area contributed by atoms with E-state index in [0.717, 1.165) is 16.7 Å². The lowest BCUT2D eigenvalue weighted by atomic mass is 9.91. The van der Waals surface area contributed by atoms with Gasteiger partial charge in [-0.1, -0.05) is 23.8 Å². The largest absolute Gasteiger partial charge is 0.384 e. The molecular formula is C11H17NO. The van der Waals surface area contributed by atoms with Crippen molar-refractivity contribution in [2.45, 2.75) is 26.4 Å². The van der Waals surface area contributed by atoms with Crippen molar-refractivity contribution in [2.75, 3.05) is 6.54 Å². The summed E-state index contributed by atoms with van der Waals surface area (Å²) < 4.78 is 0. The van der Waals surface area contributed by atoms with Crippen LogP contribution in [0.25, 0.3) is 0 Å². The molecule has 72 valence electrons. The van der Waals surface area contributed by atoms with E-state index in [1.165, 1.54) is 0 Å². The lowest BCUT2D eigenvalue weighted by molar-refractivity contribution is 0.0661. The Morgan fingerprint density at radius 3 is 2.54 bits per heavy atom. The predicted molar refractivity (Wildman–Crippen MR) is 54.5 cm³/mol. The van der Waals surface area contributed by atoms with E-state index >= 15 is 0 Å². The van der Waals surface area contributed by atoms with Gasteiger partial charge in [0.05, 0.1) is 5.60 Å². The van der Waals surface area contributed by atoms with E-state index in [0.29, 0.717) is 0 Å². The molecule has 0 aromatic heterocycles. The van der Waals surface area contributed by atoms with Crippen LogP contribution in [0.3, 0.4) is 0 Å². The van der Waals surface area contributed by atoms with E-state index in [9.17, 15) is 5.11 Å². The fourth-order valence-electron chi connectivity index (χ4n) is 1.43. The summed E-state index contributed by atoms with van der Waals surface area (Å²) in [5.41, 5.74) is 7.76. The molecule has 0 saturated carbocycles. The molecule has 1 unspecified atom stereocenters. The minimum absolute atomic E-state index is 0.247. The second-order valence-corrected chi connectivity index (χ2v) is 3.80. The number of hydrogen-bond acceptors (Lipinski definition) is 2. The van der Waals surface area contributed by atoms with Crippen LogP contribution in [0.1, 0.15) is 23.6 Å². The predicted octanol–water partition coefficient (Wildman–Crippen LogP) is 1.47. The average molecular weight is 179 g/mol. The van der Waals surface area contributed by atoms with E-state index in [2.05, 4.69) is 0 Å². The van der Waals surface area contributed by atoms with Crippen LogP contribution >= 0.6 is 0 Å². The zero-order valence-electron chi connectivity index (χ0n) is 8.46. The van der Waals surface area contributed by atoms with Crippen LogP contribution in [0.15, 0.2) is 18.2 Å². The maximum atomic E-state index is 9.97. The maximum absolute atomic E-state index is 9.97. The summed E-state index contributed by atoms with van der Waals surface area (Å²) in [5.74, 6) is 0. The quantitative estimate of drug-likeness (QED) is 0.722. The van der Waals surface area contributed by atoms with Crippen LogP contribution in [0.5, 0.6) is 0 Å². The highest BCUT2D eigenvalue weighted by Crippen LogP contribution is 2.23. The van der Waals surface area contributed by atoms with E-state index in [-0.39, 0.29) is 6.54 Å². The minimum atomic E-state index is -0.907. The Morgan fingerprint density at radius 2 is 2.00 bits per heavy atom. The van der Waals surface area contributed by atoms with Gasteiger partial charge >= 0.3 is 0 Å². The van der Waals surface area contributed by atoms with Gasteiger partial charge in [-0.3, -0.25) is 0 Å². The summed E-state index contributed by atoms with van der Waals surface area (Å²) in [6.07, 6.45) is 0. The van der Waals surface area contributed by atoms with Crippen LogP contribution in [-0.2, 0) is 5.60 Å². The standard InChI is InChI=1S/C11H17NO/c1-8-4-5-9(2)10(6-8)11(3,13)7-12/h4-6,13H,7,12H2,1-3H3. The summed E-state index contributed by atoms with van der Waals surface area (Å²) in [4.78, 5) is 0. The molecule has 13 heavy (non-hydrogen) atoms. The molecule has 1 aromatic rings.